The molecule has 4 aromatic rings. The number of pyridine rings is 1. The highest BCUT2D eigenvalue weighted by Gasteiger charge is 2.21. The van der Waals surface area contributed by atoms with Crippen molar-refractivity contribution in [3.8, 4) is 6.07 Å². The summed E-state index contributed by atoms with van der Waals surface area (Å²) in [7, 11) is 0. The van der Waals surface area contributed by atoms with Crippen molar-refractivity contribution in [2.45, 2.75) is 33.6 Å². The fraction of sp³-hybridized carbons (Fsp3) is 0.250. The Morgan fingerprint density at radius 2 is 1.83 bits per heavy atom. The molecular formula is C24H22Cl2N4. The zero-order valence-electron chi connectivity index (χ0n) is 17.1. The number of nitrogens with one attached hydrogen (secondary N) is 1. The lowest BCUT2D eigenvalue weighted by atomic mass is 9.96. The minimum atomic E-state index is 0.540. The summed E-state index contributed by atoms with van der Waals surface area (Å²) in [5, 5.41) is 14.6. The van der Waals surface area contributed by atoms with Crippen LogP contribution in [0.4, 0.5) is 11.5 Å². The molecule has 2 aromatic carbocycles. The molecule has 0 radical (unpaired) electrons. The first-order chi connectivity index (χ1) is 14.4. The van der Waals surface area contributed by atoms with Crippen LogP contribution in [-0.2, 0) is 6.42 Å². The number of aromatic nitrogens is 2. The monoisotopic (exact) mass is 436 g/mol. The Labute approximate surface area is 186 Å². The van der Waals surface area contributed by atoms with Crippen LogP contribution < -0.4 is 5.32 Å². The van der Waals surface area contributed by atoms with Crippen LogP contribution in [0.25, 0.3) is 16.7 Å². The summed E-state index contributed by atoms with van der Waals surface area (Å²) in [6.45, 7) is 6.41. The summed E-state index contributed by atoms with van der Waals surface area (Å²) < 4.78 is 2.05. The second-order valence-corrected chi connectivity index (χ2v) is 8.79. The summed E-state index contributed by atoms with van der Waals surface area (Å²) in [5.41, 5.74) is 5.91. The summed E-state index contributed by atoms with van der Waals surface area (Å²) >= 11 is 12.5. The molecule has 2 heterocycles. The van der Waals surface area contributed by atoms with Crippen LogP contribution in [-0.4, -0.2) is 9.38 Å². The number of hydrogen-bond donors (Lipinski definition) is 1. The first-order valence-electron chi connectivity index (χ1n) is 9.95. The molecule has 0 atom stereocenters. The molecular weight excluding hydrogens is 415 g/mol. The van der Waals surface area contributed by atoms with Gasteiger partial charge in [-0.3, -0.25) is 4.40 Å². The highest BCUT2D eigenvalue weighted by Crippen LogP contribution is 2.35. The number of rotatable bonds is 5. The quantitative estimate of drug-likeness (QED) is 0.356. The molecule has 4 nitrogen and oxygen atoms in total. The molecule has 2 aromatic heterocycles. The second-order valence-electron chi connectivity index (χ2n) is 7.91. The number of benzene rings is 2. The molecule has 4 rings (SSSR count). The highest BCUT2D eigenvalue weighted by molar-refractivity contribution is 6.35. The van der Waals surface area contributed by atoms with E-state index in [0.717, 1.165) is 46.5 Å². The van der Waals surface area contributed by atoms with Crippen molar-refractivity contribution < 1.29 is 0 Å². The maximum atomic E-state index is 9.94. The van der Waals surface area contributed by atoms with Crippen LogP contribution in [0.3, 0.4) is 0 Å². The number of nitrogens with zero attached hydrogens (tertiary/aromatic N) is 3. The Bertz CT molecular complexity index is 1280. The average Bonchev–Trinajstić information content (AvgIpc) is 3.06. The van der Waals surface area contributed by atoms with Crippen LogP contribution in [0.5, 0.6) is 0 Å². The van der Waals surface area contributed by atoms with E-state index in [-0.39, 0.29) is 0 Å². The van der Waals surface area contributed by atoms with Gasteiger partial charge in [0.15, 0.2) is 5.65 Å². The Kier molecular flexibility index (Phi) is 5.60. The Morgan fingerprint density at radius 1 is 1.13 bits per heavy atom. The van der Waals surface area contributed by atoms with Crippen molar-refractivity contribution in [2.75, 3.05) is 5.32 Å². The van der Waals surface area contributed by atoms with E-state index in [1.54, 1.807) is 6.07 Å². The van der Waals surface area contributed by atoms with Gasteiger partial charge in [-0.05, 0) is 67.1 Å². The van der Waals surface area contributed by atoms with Crippen molar-refractivity contribution >= 4 is 51.4 Å². The molecule has 152 valence electrons. The van der Waals surface area contributed by atoms with Crippen molar-refractivity contribution in [1.82, 2.24) is 9.38 Å². The zero-order valence-corrected chi connectivity index (χ0v) is 18.6. The highest BCUT2D eigenvalue weighted by atomic mass is 35.5. The van der Waals surface area contributed by atoms with Gasteiger partial charge in [0.25, 0.3) is 0 Å². The molecule has 0 aliphatic carbocycles. The van der Waals surface area contributed by atoms with Gasteiger partial charge < -0.3 is 5.32 Å². The molecule has 6 heteroatoms. The third kappa shape index (κ3) is 3.71. The molecule has 30 heavy (non-hydrogen) atoms. The van der Waals surface area contributed by atoms with Crippen LogP contribution >= 0.6 is 23.2 Å². The number of para-hydroxylation sites is 2. The first-order valence-corrected chi connectivity index (χ1v) is 10.7. The van der Waals surface area contributed by atoms with E-state index >= 15 is 0 Å². The summed E-state index contributed by atoms with van der Waals surface area (Å²) in [6.07, 6.45) is 1.85. The van der Waals surface area contributed by atoms with Gasteiger partial charge >= 0.3 is 0 Å². The molecule has 0 saturated carbocycles. The first kappa shape index (κ1) is 20.5. The topological polar surface area (TPSA) is 53.1 Å². The fourth-order valence-corrected chi connectivity index (χ4v) is 4.34. The van der Waals surface area contributed by atoms with E-state index in [1.807, 2.05) is 47.7 Å². The minimum absolute atomic E-state index is 0.540. The van der Waals surface area contributed by atoms with Gasteiger partial charge in [0.05, 0.1) is 16.6 Å². The molecule has 1 N–H and O–H groups in total. The van der Waals surface area contributed by atoms with Gasteiger partial charge in [0.1, 0.15) is 11.9 Å². The standard InChI is InChI=1S/C24H22Cl2N4/c1-14(2)8-9-19-15(3)20(13-27)24-29-21-6-4-5-7-22(21)30(24)23(19)28-18-11-16(25)10-17(26)12-18/h4-7,10-12,14,28H,8-9H2,1-3H3. The van der Waals surface area contributed by atoms with E-state index in [2.05, 4.69) is 25.2 Å². The maximum absolute atomic E-state index is 9.94. The largest absolute Gasteiger partial charge is 0.341 e. The van der Waals surface area contributed by atoms with Gasteiger partial charge in [-0.15, -0.1) is 0 Å². The van der Waals surface area contributed by atoms with E-state index < -0.39 is 0 Å². The van der Waals surface area contributed by atoms with Crippen molar-refractivity contribution in [1.29, 1.82) is 5.26 Å². The molecule has 0 aliphatic rings. The normalized spacial score (nSPS) is 11.4. The molecule has 0 unspecified atom stereocenters. The maximum Gasteiger partial charge on any atom is 0.157 e. The lowest BCUT2D eigenvalue weighted by Crippen LogP contribution is -2.09. The lowest BCUT2D eigenvalue weighted by Gasteiger charge is -2.20. The SMILES string of the molecule is Cc1c(CCC(C)C)c(Nc2cc(Cl)cc(Cl)c2)n2c(nc3ccccc32)c1C#N. The third-order valence-electron chi connectivity index (χ3n) is 5.33. The fourth-order valence-electron chi connectivity index (χ4n) is 3.82. The zero-order chi connectivity index (χ0) is 21.4. The third-order valence-corrected chi connectivity index (χ3v) is 5.77. The number of fused-ring (bicyclic) bond motifs is 3. The Balaban J connectivity index is 2.05. The van der Waals surface area contributed by atoms with Crippen molar-refractivity contribution in [2.24, 2.45) is 5.92 Å². The smallest absolute Gasteiger partial charge is 0.157 e. The van der Waals surface area contributed by atoms with Gasteiger partial charge in [-0.1, -0.05) is 49.2 Å². The predicted molar refractivity (Wildman–Crippen MR) is 125 cm³/mol. The van der Waals surface area contributed by atoms with Crippen LogP contribution in [0, 0.1) is 24.2 Å². The summed E-state index contributed by atoms with van der Waals surface area (Å²) in [4.78, 5) is 4.77. The van der Waals surface area contributed by atoms with Gasteiger partial charge in [-0.2, -0.15) is 5.26 Å². The average molecular weight is 437 g/mol. The van der Waals surface area contributed by atoms with Gasteiger partial charge in [0.2, 0.25) is 0 Å². The molecule has 0 bridgehead atoms. The van der Waals surface area contributed by atoms with Crippen molar-refractivity contribution in [3.05, 3.63) is 69.2 Å². The Hall–Kier alpha value is -2.74. The number of hydrogen-bond acceptors (Lipinski definition) is 3. The molecule has 0 amide bonds. The predicted octanol–water partition coefficient (Wildman–Crippen LogP) is 7.31. The van der Waals surface area contributed by atoms with Gasteiger partial charge in [0, 0.05) is 15.7 Å². The second kappa shape index (κ2) is 8.18. The lowest BCUT2D eigenvalue weighted by molar-refractivity contribution is 0.585. The molecule has 0 spiro atoms. The minimum Gasteiger partial charge on any atom is -0.341 e. The van der Waals surface area contributed by atoms with Crippen LogP contribution in [0.15, 0.2) is 42.5 Å². The van der Waals surface area contributed by atoms with Crippen LogP contribution in [0.1, 0.15) is 37.0 Å². The molecule has 0 saturated heterocycles. The van der Waals surface area contributed by atoms with E-state index in [9.17, 15) is 5.26 Å². The summed E-state index contributed by atoms with van der Waals surface area (Å²) in [5.74, 6) is 1.44. The molecule has 0 aliphatic heterocycles. The van der Waals surface area contributed by atoms with Crippen molar-refractivity contribution in [3.63, 3.8) is 0 Å². The van der Waals surface area contributed by atoms with E-state index in [0.29, 0.717) is 27.2 Å². The molecule has 0 fully saturated rings. The number of halogens is 2. The van der Waals surface area contributed by atoms with E-state index in [1.165, 1.54) is 0 Å². The summed E-state index contributed by atoms with van der Waals surface area (Å²) in [6, 6.07) is 15.7. The van der Waals surface area contributed by atoms with Gasteiger partial charge in [-0.25, -0.2) is 4.98 Å². The van der Waals surface area contributed by atoms with Crippen LogP contribution in [0.2, 0.25) is 10.0 Å². The number of imidazole rings is 1. The number of anilines is 2. The Morgan fingerprint density at radius 3 is 2.50 bits per heavy atom. The van der Waals surface area contributed by atoms with E-state index in [4.69, 9.17) is 28.2 Å². The number of nitriles is 1.